The summed E-state index contributed by atoms with van der Waals surface area (Å²) in [5, 5.41) is 1.62. The van der Waals surface area contributed by atoms with Crippen molar-refractivity contribution in [2.24, 2.45) is 5.73 Å². The van der Waals surface area contributed by atoms with E-state index >= 15 is 0 Å². The fraction of sp³-hybridized carbons (Fsp3) is 0.308. The molecule has 1 aromatic carbocycles. The van der Waals surface area contributed by atoms with Crippen molar-refractivity contribution in [2.45, 2.75) is 19.5 Å². The monoisotopic (exact) mass is 266 g/mol. The summed E-state index contributed by atoms with van der Waals surface area (Å²) in [5.41, 5.74) is 7.52. The van der Waals surface area contributed by atoms with Gasteiger partial charge in [-0.25, -0.2) is 4.79 Å². The Balaban J connectivity index is 2.65. The SMILES string of the molecule is CCn1c(C(N)C(=O)OC)cc2cccc(Cl)c21. The molecule has 0 fully saturated rings. The zero-order chi connectivity index (χ0) is 13.3. The van der Waals surface area contributed by atoms with Gasteiger partial charge in [-0.05, 0) is 19.1 Å². The van der Waals surface area contributed by atoms with Crippen molar-refractivity contribution in [3.05, 3.63) is 35.0 Å². The number of carbonyl (C=O) groups excluding carboxylic acids is 1. The molecule has 0 saturated heterocycles. The summed E-state index contributed by atoms with van der Waals surface area (Å²) < 4.78 is 6.63. The van der Waals surface area contributed by atoms with Gasteiger partial charge in [-0.15, -0.1) is 0 Å². The lowest BCUT2D eigenvalue weighted by Crippen LogP contribution is -2.25. The number of carbonyl (C=O) groups is 1. The molecule has 0 aliphatic carbocycles. The summed E-state index contributed by atoms with van der Waals surface area (Å²) in [6, 6.07) is 6.73. The molecule has 0 bridgehead atoms. The predicted octanol–water partition coefficient (Wildman–Crippen LogP) is 2.49. The van der Waals surface area contributed by atoms with E-state index in [1.165, 1.54) is 7.11 Å². The second-order valence-electron chi connectivity index (χ2n) is 3.99. The minimum absolute atomic E-state index is 0.455. The molecule has 4 nitrogen and oxygen atoms in total. The average molecular weight is 267 g/mol. The van der Waals surface area contributed by atoms with Crippen LogP contribution in [0.25, 0.3) is 10.9 Å². The van der Waals surface area contributed by atoms with Crippen LogP contribution in [0.3, 0.4) is 0 Å². The molecule has 1 unspecified atom stereocenters. The van der Waals surface area contributed by atoms with E-state index in [4.69, 9.17) is 17.3 Å². The van der Waals surface area contributed by atoms with Gasteiger partial charge in [-0.2, -0.15) is 0 Å². The highest BCUT2D eigenvalue weighted by Gasteiger charge is 2.22. The number of fused-ring (bicyclic) bond motifs is 1. The molecule has 0 spiro atoms. The Morgan fingerprint density at radius 3 is 2.89 bits per heavy atom. The van der Waals surface area contributed by atoms with E-state index in [-0.39, 0.29) is 0 Å². The smallest absolute Gasteiger partial charge is 0.328 e. The zero-order valence-corrected chi connectivity index (χ0v) is 11.1. The average Bonchev–Trinajstić information content (AvgIpc) is 2.76. The van der Waals surface area contributed by atoms with E-state index in [9.17, 15) is 4.79 Å². The molecule has 2 aromatic rings. The summed E-state index contributed by atoms with van der Waals surface area (Å²) in [6.07, 6.45) is 0. The Hall–Kier alpha value is -1.52. The normalized spacial score (nSPS) is 12.7. The number of aromatic nitrogens is 1. The van der Waals surface area contributed by atoms with Gasteiger partial charge in [0.05, 0.1) is 17.6 Å². The number of hydrogen-bond donors (Lipinski definition) is 1. The van der Waals surface area contributed by atoms with Crippen LogP contribution in [0.5, 0.6) is 0 Å². The van der Waals surface area contributed by atoms with Crippen LogP contribution < -0.4 is 5.73 Å². The van der Waals surface area contributed by atoms with Crippen molar-refractivity contribution in [1.29, 1.82) is 0 Å². The molecule has 0 radical (unpaired) electrons. The fourth-order valence-electron chi connectivity index (χ4n) is 2.15. The second kappa shape index (κ2) is 5.00. The maximum Gasteiger partial charge on any atom is 0.328 e. The molecule has 96 valence electrons. The molecular formula is C13H15ClN2O2. The number of aryl methyl sites for hydroxylation is 1. The summed E-state index contributed by atoms with van der Waals surface area (Å²) in [4.78, 5) is 11.5. The molecule has 1 atom stereocenters. The molecule has 18 heavy (non-hydrogen) atoms. The number of methoxy groups -OCH3 is 1. The Morgan fingerprint density at radius 2 is 2.28 bits per heavy atom. The molecule has 0 aliphatic rings. The zero-order valence-electron chi connectivity index (χ0n) is 10.3. The summed E-state index contributed by atoms with van der Waals surface area (Å²) in [5.74, 6) is -0.455. The Kier molecular flexibility index (Phi) is 3.59. The lowest BCUT2D eigenvalue weighted by molar-refractivity contribution is -0.142. The van der Waals surface area contributed by atoms with Crippen LogP contribution in [0.1, 0.15) is 18.7 Å². The van der Waals surface area contributed by atoms with Crippen molar-refractivity contribution in [3.8, 4) is 0 Å². The molecule has 0 saturated carbocycles. The number of para-hydroxylation sites is 1. The first kappa shape index (κ1) is 12.9. The van der Waals surface area contributed by atoms with Crippen molar-refractivity contribution in [1.82, 2.24) is 4.57 Å². The van der Waals surface area contributed by atoms with E-state index in [1.807, 2.05) is 35.8 Å². The molecule has 0 amide bonds. The molecule has 0 aliphatic heterocycles. The van der Waals surface area contributed by atoms with E-state index in [0.29, 0.717) is 17.3 Å². The number of hydrogen-bond acceptors (Lipinski definition) is 3. The van der Waals surface area contributed by atoms with Crippen LogP contribution in [0.2, 0.25) is 5.02 Å². The van der Waals surface area contributed by atoms with Crippen molar-refractivity contribution >= 4 is 28.5 Å². The van der Waals surface area contributed by atoms with Crippen LogP contribution in [-0.4, -0.2) is 17.6 Å². The van der Waals surface area contributed by atoms with E-state index in [2.05, 4.69) is 4.74 Å². The van der Waals surface area contributed by atoms with E-state index < -0.39 is 12.0 Å². The number of benzene rings is 1. The molecule has 1 heterocycles. The molecule has 2 N–H and O–H groups in total. The third-order valence-electron chi connectivity index (χ3n) is 2.99. The van der Waals surface area contributed by atoms with Crippen molar-refractivity contribution in [2.75, 3.05) is 7.11 Å². The molecular weight excluding hydrogens is 252 g/mol. The van der Waals surface area contributed by atoms with Crippen LogP contribution in [0.4, 0.5) is 0 Å². The van der Waals surface area contributed by atoms with E-state index in [1.54, 1.807) is 0 Å². The number of nitrogens with zero attached hydrogens (tertiary/aromatic N) is 1. The summed E-state index contributed by atoms with van der Waals surface area (Å²) >= 11 is 6.19. The van der Waals surface area contributed by atoms with Gasteiger partial charge in [-0.1, -0.05) is 23.7 Å². The van der Waals surface area contributed by atoms with Gasteiger partial charge in [0.15, 0.2) is 0 Å². The van der Waals surface area contributed by atoms with Gasteiger partial charge in [0.25, 0.3) is 0 Å². The van der Waals surface area contributed by atoms with Gasteiger partial charge in [0.2, 0.25) is 0 Å². The predicted molar refractivity (Wildman–Crippen MR) is 71.6 cm³/mol. The maximum absolute atomic E-state index is 11.5. The van der Waals surface area contributed by atoms with Crippen LogP contribution in [-0.2, 0) is 16.1 Å². The third-order valence-corrected chi connectivity index (χ3v) is 3.30. The van der Waals surface area contributed by atoms with E-state index in [0.717, 1.165) is 10.9 Å². The lowest BCUT2D eigenvalue weighted by Gasteiger charge is -2.13. The highest BCUT2D eigenvalue weighted by atomic mass is 35.5. The first-order valence-corrected chi connectivity index (χ1v) is 6.09. The minimum atomic E-state index is -0.793. The first-order chi connectivity index (χ1) is 8.60. The first-order valence-electron chi connectivity index (χ1n) is 5.71. The van der Waals surface area contributed by atoms with Crippen LogP contribution >= 0.6 is 11.6 Å². The maximum atomic E-state index is 11.5. The second-order valence-corrected chi connectivity index (χ2v) is 4.40. The van der Waals surface area contributed by atoms with Gasteiger partial charge < -0.3 is 15.0 Å². The highest BCUT2D eigenvalue weighted by Crippen LogP contribution is 2.29. The largest absolute Gasteiger partial charge is 0.468 e. The van der Waals surface area contributed by atoms with Gasteiger partial charge >= 0.3 is 5.97 Å². The highest BCUT2D eigenvalue weighted by molar-refractivity contribution is 6.35. The standard InChI is InChI=1S/C13H15ClN2O2/c1-3-16-10(11(15)13(17)18-2)7-8-5-4-6-9(14)12(8)16/h4-7,11H,3,15H2,1-2H3. The number of esters is 1. The van der Waals surface area contributed by atoms with Gasteiger partial charge in [0, 0.05) is 17.6 Å². The van der Waals surface area contributed by atoms with Crippen LogP contribution in [0, 0.1) is 0 Å². The van der Waals surface area contributed by atoms with Gasteiger partial charge in [0.1, 0.15) is 6.04 Å². The van der Waals surface area contributed by atoms with Crippen molar-refractivity contribution in [3.63, 3.8) is 0 Å². The Morgan fingerprint density at radius 1 is 1.56 bits per heavy atom. The molecule has 1 aromatic heterocycles. The topological polar surface area (TPSA) is 57.2 Å². The third kappa shape index (κ3) is 1.98. The molecule has 2 rings (SSSR count). The lowest BCUT2D eigenvalue weighted by atomic mass is 10.2. The Bertz CT molecular complexity index is 592. The Labute approximate surface area is 110 Å². The number of ether oxygens (including phenoxy) is 1. The number of halogens is 1. The van der Waals surface area contributed by atoms with Crippen LogP contribution in [0.15, 0.2) is 24.3 Å². The summed E-state index contributed by atoms with van der Waals surface area (Å²) in [6.45, 7) is 2.67. The minimum Gasteiger partial charge on any atom is -0.468 e. The van der Waals surface area contributed by atoms with Crippen molar-refractivity contribution < 1.29 is 9.53 Å². The number of rotatable bonds is 3. The quantitative estimate of drug-likeness (QED) is 0.869. The molecule has 5 heteroatoms. The fourth-order valence-corrected chi connectivity index (χ4v) is 2.43. The summed E-state index contributed by atoms with van der Waals surface area (Å²) in [7, 11) is 1.33. The van der Waals surface area contributed by atoms with Gasteiger partial charge in [-0.3, -0.25) is 0 Å². The number of nitrogens with two attached hydrogens (primary N) is 1.